The number of unbranched alkanes of at least 4 members (excludes halogenated alkanes) is 2. The molecule has 1 aliphatic carbocycles. The standard InChI is InChI=1S/C12H25N3O/c1-15(9-4-2-3-8-13)10-7-12(16)14-11-5-6-11/h11H,2-10,13H2,1H3,(H,14,16). The highest BCUT2D eigenvalue weighted by molar-refractivity contribution is 5.76. The van der Waals surface area contributed by atoms with Crippen molar-refractivity contribution < 1.29 is 4.79 Å². The number of carbonyl (C=O) groups excluding carboxylic acids is 1. The molecule has 1 rings (SSSR count). The topological polar surface area (TPSA) is 58.4 Å². The van der Waals surface area contributed by atoms with Crippen LogP contribution in [0.5, 0.6) is 0 Å². The van der Waals surface area contributed by atoms with Crippen LogP contribution in [0.15, 0.2) is 0 Å². The van der Waals surface area contributed by atoms with Gasteiger partial charge in [0.15, 0.2) is 0 Å². The Hall–Kier alpha value is -0.610. The molecule has 0 spiro atoms. The zero-order chi connectivity index (χ0) is 11.8. The molecule has 1 amide bonds. The summed E-state index contributed by atoms with van der Waals surface area (Å²) in [6.07, 6.45) is 6.44. The lowest BCUT2D eigenvalue weighted by Gasteiger charge is -2.15. The Balaban J connectivity index is 1.91. The maximum Gasteiger partial charge on any atom is 0.221 e. The highest BCUT2D eigenvalue weighted by atomic mass is 16.1. The average Bonchev–Trinajstić information content (AvgIpc) is 3.05. The smallest absolute Gasteiger partial charge is 0.221 e. The number of hydrogen-bond acceptors (Lipinski definition) is 3. The highest BCUT2D eigenvalue weighted by Crippen LogP contribution is 2.18. The molecule has 4 heteroatoms. The molecule has 0 unspecified atom stereocenters. The average molecular weight is 227 g/mol. The Morgan fingerprint density at radius 1 is 1.31 bits per heavy atom. The van der Waals surface area contributed by atoms with Crippen LogP contribution in [0.2, 0.25) is 0 Å². The van der Waals surface area contributed by atoms with E-state index in [4.69, 9.17) is 5.73 Å². The van der Waals surface area contributed by atoms with Crippen LogP contribution >= 0.6 is 0 Å². The van der Waals surface area contributed by atoms with Gasteiger partial charge in [-0.15, -0.1) is 0 Å². The minimum Gasteiger partial charge on any atom is -0.353 e. The predicted molar refractivity (Wildman–Crippen MR) is 66.2 cm³/mol. The second-order valence-corrected chi connectivity index (χ2v) is 4.74. The Kier molecular flexibility index (Phi) is 6.42. The van der Waals surface area contributed by atoms with Crippen molar-refractivity contribution in [2.75, 3.05) is 26.7 Å². The maximum absolute atomic E-state index is 11.4. The lowest BCUT2D eigenvalue weighted by atomic mass is 10.2. The molecule has 16 heavy (non-hydrogen) atoms. The molecular weight excluding hydrogens is 202 g/mol. The van der Waals surface area contributed by atoms with Crippen LogP contribution in [0.4, 0.5) is 0 Å². The number of hydrogen-bond donors (Lipinski definition) is 2. The van der Waals surface area contributed by atoms with Crippen molar-refractivity contribution in [1.82, 2.24) is 10.2 Å². The van der Waals surface area contributed by atoms with Crippen LogP contribution in [-0.2, 0) is 4.79 Å². The van der Waals surface area contributed by atoms with Crippen LogP contribution in [0, 0.1) is 0 Å². The summed E-state index contributed by atoms with van der Waals surface area (Å²) in [5.74, 6) is 0.205. The van der Waals surface area contributed by atoms with Crippen molar-refractivity contribution in [3.05, 3.63) is 0 Å². The quantitative estimate of drug-likeness (QED) is 0.571. The molecule has 3 N–H and O–H groups in total. The summed E-state index contributed by atoms with van der Waals surface area (Å²) >= 11 is 0. The summed E-state index contributed by atoms with van der Waals surface area (Å²) in [4.78, 5) is 13.6. The minimum absolute atomic E-state index is 0.205. The van der Waals surface area contributed by atoms with E-state index in [1.807, 2.05) is 0 Å². The summed E-state index contributed by atoms with van der Waals surface area (Å²) in [6, 6.07) is 0.488. The van der Waals surface area contributed by atoms with Gasteiger partial charge < -0.3 is 16.0 Å². The molecule has 1 aliphatic rings. The molecular formula is C12H25N3O. The van der Waals surface area contributed by atoms with Crippen LogP contribution in [0.25, 0.3) is 0 Å². The molecule has 0 bridgehead atoms. The zero-order valence-electron chi connectivity index (χ0n) is 10.4. The van der Waals surface area contributed by atoms with E-state index in [9.17, 15) is 4.79 Å². The van der Waals surface area contributed by atoms with Gasteiger partial charge in [0.25, 0.3) is 0 Å². The third kappa shape index (κ3) is 6.80. The zero-order valence-corrected chi connectivity index (χ0v) is 10.4. The normalized spacial score (nSPS) is 15.4. The SMILES string of the molecule is CN(CCCCCN)CCC(=O)NC1CC1. The number of nitrogens with zero attached hydrogens (tertiary/aromatic N) is 1. The highest BCUT2D eigenvalue weighted by Gasteiger charge is 2.22. The first-order valence-electron chi connectivity index (χ1n) is 6.40. The van der Waals surface area contributed by atoms with Crippen LogP contribution in [0.3, 0.4) is 0 Å². The van der Waals surface area contributed by atoms with Gasteiger partial charge in [0.05, 0.1) is 0 Å². The summed E-state index contributed by atoms with van der Waals surface area (Å²) in [6.45, 7) is 2.71. The van der Waals surface area contributed by atoms with Crippen molar-refractivity contribution in [2.45, 2.75) is 44.6 Å². The minimum atomic E-state index is 0.205. The molecule has 0 heterocycles. The molecule has 0 aromatic heterocycles. The van der Waals surface area contributed by atoms with Crippen molar-refractivity contribution in [1.29, 1.82) is 0 Å². The lowest BCUT2D eigenvalue weighted by Crippen LogP contribution is -2.30. The van der Waals surface area contributed by atoms with Gasteiger partial charge in [0.2, 0.25) is 5.91 Å². The van der Waals surface area contributed by atoms with E-state index in [2.05, 4.69) is 17.3 Å². The van der Waals surface area contributed by atoms with Gasteiger partial charge in [-0.05, 0) is 45.8 Å². The number of rotatable bonds is 9. The fourth-order valence-corrected chi connectivity index (χ4v) is 1.63. The van der Waals surface area contributed by atoms with E-state index in [0.717, 1.165) is 26.1 Å². The second kappa shape index (κ2) is 7.63. The summed E-state index contributed by atoms with van der Waals surface area (Å²) < 4.78 is 0. The van der Waals surface area contributed by atoms with Crippen LogP contribution in [0.1, 0.15) is 38.5 Å². The van der Waals surface area contributed by atoms with Gasteiger partial charge in [0.1, 0.15) is 0 Å². The Morgan fingerprint density at radius 3 is 2.69 bits per heavy atom. The Bertz CT molecular complexity index is 204. The molecule has 0 aromatic rings. The third-order valence-electron chi connectivity index (χ3n) is 2.91. The first-order valence-corrected chi connectivity index (χ1v) is 6.40. The number of amides is 1. The van der Waals surface area contributed by atoms with Gasteiger partial charge in [-0.3, -0.25) is 4.79 Å². The first-order chi connectivity index (χ1) is 7.72. The maximum atomic E-state index is 11.4. The van der Waals surface area contributed by atoms with E-state index in [1.165, 1.54) is 25.7 Å². The number of carbonyl (C=O) groups is 1. The summed E-state index contributed by atoms with van der Waals surface area (Å²) in [7, 11) is 2.08. The summed E-state index contributed by atoms with van der Waals surface area (Å²) in [5, 5.41) is 3.00. The molecule has 0 radical (unpaired) electrons. The van der Waals surface area contributed by atoms with E-state index < -0.39 is 0 Å². The van der Waals surface area contributed by atoms with Gasteiger partial charge in [0, 0.05) is 19.0 Å². The molecule has 0 aliphatic heterocycles. The molecule has 0 aromatic carbocycles. The van der Waals surface area contributed by atoms with Gasteiger partial charge in [-0.25, -0.2) is 0 Å². The molecule has 0 saturated heterocycles. The summed E-state index contributed by atoms with van der Waals surface area (Å²) in [5.41, 5.74) is 5.43. The molecule has 94 valence electrons. The molecule has 1 saturated carbocycles. The van der Waals surface area contributed by atoms with Crippen LogP contribution in [-0.4, -0.2) is 43.5 Å². The third-order valence-corrected chi connectivity index (χ3v) is 2.91. The van der Waals surface area contributed by atoms with Gasteiger partial charge >= 0.3 is 0 Å². The Labute approximate surface area is 98.6 Å². The van der Waals surface area contributed by atoms with E-state index in [1.54, 1.807) is 0 Å². The number of nitrogens with one attached hydrogen (secondary N) is 1. The first kappa shape index (κ1) is 13.5. The van der Waals surface area contributed by atoms with Gasteiger partial charge in [-0.1, -0.05) is 6.42 Å². The van der Waals surface area contributed by atoms with E-state index in [-0.39, 0.29) is 5.91 Å². The predicted octanol–water partition coefficient (Wildman–Crippen LogP) is 0.716. The monoisotopic (exact) mass is 227 g/mol. The number of nitrogens with two attached hydrogens (primary N) is 1. The van der Waals surface area contributed by atoms with Crippen molar-refractivity contribution in [2.24, 2.45) is 5.73 Å². The fraction of sp³-hybridized carbons (Fsp3) is 0.917. The lowest BCUT2D eigenvalue weighted by molar-refractivity contribution is -0.121. The second-order valence-electron chi connectivity index (χ2n) is 4.74. The fourth-order valence-electron chi connectivity index (χ4n) is 1.63. The van der Waals surface area contributed by atoms with Crippen LogP contribution < -0.4 is 11.1 Å². The Morgan fingerprint density at radius 2 is 2.06 bits per heavy atom. The van der Waals surface area contributed by atoms with Crippen molar-refractivity contribution in [3.8, 4) is 0 Å². The van der Waals surface area contributed by atoms with E-state index >= 15 is 0 Å². The molecule has 4 nitrogen and oxygen atoms in total. The van der Waals surface area contributed by atoms with Gasteiger partial charge in [-0.2, -0.15) is 0 Å². The van der Waals surface area contributed by atoms with E-state index in [0.29, 0.717) is 12.5 Å². The molecule has 0 atom stereocenters. The van der Waals surface area contributed by atoms with Crippen molar-refractivity contribution >= 4 is 5.91 Å². The molecule has 1 fully saturated rings. The largest absolute Gasteiger partial charge is 0.353 e. The van der Waals surface area contributed by atoms with Crippen molar-refractivity contribution in [3.63, 3.8) is 0 Å².